The van der Waals surface area contributed by atoms with Gasteiger partial charge in [0.15, 0.2) is 23.0 Å². The molecule has 1 amide bonds. The van der Waals surface area contributed by atoms with E-state index in [2.05, 4.69) is 20.5 Å². The molecule has 0 saturated heterocycles. The fourth-order valence-electron chi connectivity index (χ4n) is 3.65. The number of halogens is 1. The van der Waals surface area contributed by atoms with Gasteiger partial charge in [-0.15, -0.1) is 0 Å². The molecule has 0 unspecified atom stereocenters. The van der Waals surface area contributed by atoms with Crippen LogP contribution in [0.5, 0.6) is 0 Å². The largest absolute Gasteiger partial charge is 1.00 e. The number of aliphatic imine (C=N–C) groups is 1. The zero-order chi connectivity index (χ0) is 26.4. The number of aromatic nitrogens is 4. The first-order valence-electron chi connectivity index (χ1n) is 10.5. The van der Waals surface area contributed by atoms with Crippen molar-refractivity contribution in [2.75, 3.05) is 5.32 Å². The molecule has 2 aromatic carbocycles. The van der Waals surface area contributed by atoms with Crippen LogP contribution in [0.25, 0.3) is 17.0 Å². The van der Waals surface area contributed by atoms with Gasteiger partial charge in [-0.25, -0.2) is 18.1 Å². The van der Waals surface area contributed by atoms with Gasteiger partial charge in [0.25, 0.3) is 5.91 Å². The standard InChI is InChI=1S/C23H21ClN6O5S.Na/c1-12-9-15(11-16(10-12)36(33,34)35)21-28-29(4)23-19(13(2)27-30(21)23)26-20(14(3)31)22(32)25-18-8-6-5-7-17(18)24;/h5-11H,1-4H3,(H,25,32)(H,33,34,35);/q;+1/p-1. The maximum absolute atomic E-state index is 12.9. The van der Waals surface area contributed by atoms with E-state index in [1.54, 1.807) is 51.2 Å². The Bertz CT molecular complexity index is 1690. The van der Waals surface area contributed by atoms with E-state index in [1.807, 2.05) is 0 Å². The Morgan fingerprint density at radius 3 is 2.41 bits per heavy atom. The van der Waals surface area contributed by atoms with E-state index in [-0.39, 0.29) is 46.8 Å². The summed E-state index contributed by atoms with van der Waals surface area (Å²) < 4.78 is 37.6. The van der Waals surface area contributed by atoms with Crippen molar-refractivity contribution in [3.8, 4) is 11.4 Å². The number of carbonyl (C=O) groups excluding carboxylic acids is 2. The van der Waals surface area contributed by atoms with Crippen LogP contribution >= 0.6 is 11.6 Å². The van der Waals surface area contributed by atoms with Gasteiger partial charge in [0.1, 0.15) is 15.8 Å². The maximum atomic E-state index is 12.9. The molecule has 14 heteroatoms. The Balaban J connectivity index is 0.00000380. The number of para-hydroxylation sites is 1. The minimum atomic E-state index is -4.70. The maximum Gasteiger partial charge on any atom is 1.00 e. The van der Waals surface area contributed by atoms with Gasteiger partial charge in [-0.3, -0.25) is 9.59 Å². The minimum Gasteiger partial charge on any atom is -0.744 e. The molecule has 0 bridgehead atoms. The molecule has 0 radical (unpaired) electrons. The molecule has 0 aliphatic heterocycles. The first-order chi connectivity index (χ1) is 16.9. The predicted octanol–water partition coefficient (Wildman–Crippen LogP) is 0.213. The average molecular weight is 551 g/mol. The number of rotatable bonds is 6. The Morgan fingerprint density at radius 1 is 1.11 bits per heavy atom. The fourth-order valence-corrected chi connectivity index (χ4v) is 4.44. The number of amides is 1. The van der Waals surface area contributed by atoms with E-state index >= 15 is 0 Å². The number of anilines is 1. The molecular weight excluding hydrogens is 531 g/mol. The molecule has 2 heterocycles. The van der Waals surface area contributed by atoms with Gasteiger partial charge in [0, 0.05) is 19.5 Å². The van der Waals surface area contributed by atoms with Gasteiger partial charge >= 0.3 is 29.6 Å². The molecule has 1 N–H and O–H groups in total. The summed E-state index contributed by atoms with van der Waals surface area (Å²) in [7, 11) is -3.09. The molecule has 186 valence electrons. The van der Waals surface area contributed by atoms with Crippen LogP contribution in [0.3, 0.4) is 0 Å². The number of Topliss-reactive ketones (excluding diaryl/α,β-unsaturated/α-hetero) is 1. The van der Waals surface area contributed by atoms with Crippen molar-refractivity contribution in [3.05, 3.63) is 58.7 Å². The van der Waals surface area contributed by atoms with Crippen molar-refractivity contribution in [1.29, 1.82) is 0 Å². The second-order valence-electron chi connectivity index (χ2n) is 8.06. The zero-order valence-electron chi connectivity index (χ0n) is 20.6. The summed E-state index contributed by atoms with van der Waals surface area (Å²) in [5.74, 6) is -1.08. The number of nitrogens with zero attached hydrogens (tertiary/aromatic N) is 5. The van der Waals surface area contributed by atoms with Crippen LogP contribution in [-0.4, -0.2) is 49.8 Å². The number of hydrogen-bond acceptors (Lipinski definition) is 8. The Hall–Kier alpha value is -2.87. The Kier molecular flexibility index (Phi) is 8.42. The van der Waals surface area contributed by atoms with Crippen molar-refractivity contribution in [3.63, 3.8) is 0 Å². The summed E-state index contributed by atoms with van der Waals surface area (Å²) >= 11 is 6.11. The van der Waals surface area contributed by atoms with Crippen LogP contribution in [-0.2, 0) is 26.8 Å². The van der Waals surface area contributed by atoms with E-state index in [4.69, 9.17) is 11.6 Å². The molecule has 0 fully saturated rings. The Morgan fingerprint density at radius 2 is 1.78 bits per heavy atom. The molecule has 0 saturated carbocycles. The normalized spacial score (nSPS) is 11.9. The van der Waals surface area contributed by atoms with Crippen LogP contribution in [0, 0.1) is 13.8 Å². The number of carbonyl (C=O) groups is 2. The van der Waals surface area contributed by atoms with Crippen molar-refractivity contribution in [2.45, 2.75) is 25.7 Å². The minimum absolute atomic E-state index is 0. The monoisotopic (exact) mass is 550 g/mol. The van der Waals surface area contributed by atoms with Crippen LogP contribution in [0.4, 0.5) is 11.4 Å². The molecule has 37 heavy (non-hydrogen) atoms. The number of benzene rings is 2. The number of ketones is 1. The first-order valence-corrected chi connectivity index (χ1v) is 12.3. The number of hydrogen-bond donors (Lipinski definition) is 1. The molecule has 0 aliphatic carbocycles. The molecular formula is C23H20ClN6NaO5S. The molecule has 0 aliphatic rings. The van der Waals surface area contributed by atoms with E-state index in [9.17, 15) is 22.6 Å². The molecule has 4 rings (SSSR count). The van der Waals surface area contributed by atoms with Gasteiger partial charge in [-0.2, -0.15) is 14.7 Å². The second-order valence-corrected chi connectivity index (χ2v) is 9.84. The number of aryl methyl sites for hydroxylation is 3. The van der Waals surface area contributed by atoms with Crippen molar-refractivity contribution < 1.29 is 52.1 Å². The summed E-state index contributed by atoms with van der Waals surface area (Å²) in [5.41, 5.74) is 1.79. The Labute approximate surface area is 239 Å². The topological polar surface area (TPSA) is 151 Å². The van der Waals surface area contributed by atoms with Crippen molar-refractivity contribution in [1.82, 2.24) is 19.4 Å². The quantitative estimate of drug-likeness (QED) is 0.156. The number of fused-ring (bicyclic) bond motifs is 1. The van der Waals surface area contributed by atoms with Gasteiger partial charge in [0.2, 0.25) is 0 Å². The van der Waals surface area contributed by atoms with Gasteiger partial charge in [-0.05, 0) is 49.7 Å². The molecule has 2 aromatic heterocycles. The summed E-state index contributed by atoms with van der Waals surface area (Å²) in [4.78, 5) is 29.2. The third-order valence-electron chi connectivity index (χ3n) is 5.25. The molecule has 4 aromatic rings. The SMILES string of the molecule is CC(=O)C(=Nc1c(C)nn2c(-c3cc(C)cc(S(=O)(=O)[O-])c3)nn(C)c12)C(=O)Nc1ccccc1Cl.[Na+]. The van der Waals surface area contributed by atoms with Gasteiger partial charge < -0.3 is 9.87 Å². The third-order valence-corrected chi connectivity index (χ3v) is 6.39. The summed E-state index contributed by atoms with van der Waals surface area (Å²) in [6.07, 6.45) is 0. The van der Waals surface area contributed by atoms with Crippen LogP contribution < -0.4 is 34.9 Å². The molecule has 0 atom stereocenters. The van der Waals surface area contributed by atoms with Crippen LogP contribution in [0.1, 0.15) is 18.2 Å². The predicted molar refractivity (Wildman–Crippen MR) is 133 cm³/mol. The molecule has 0 spiro atoms. The number of nitrogens with one attached hydrogen (secondary N) is 1. The van der Waals surface area contributed by atoms with E-state index in [0.717, 1.165) is 0 Å². The smallest absolute Gasteiger partial charge is 0.744 e. The first kappa shape index (κ1) is 28.7. The van der Waals surface area contributed by atoms with Crippen LogP contribution in [0.15, 0.2) is 52.4 Å². The van der Waals surface area contributed by atoms with Crippen molar-refractivity contribution >= 4 is 56.1 Å². The summed E-state index contributed by atoms with van der Waals surface area (Å²) in [6, 6.07) is 10.7. The summed E-state index contributed by atoms with van der Waals surface area (Å²) in [6.45, 7) is 4.51. The van der Waals surface area contributed by atoms with Crippen LogP contribution in [0.2, 0.25) is 5.02 Å². The molecule has 11 nitrogen and oxygen atoms in total. The van der Waals surface area contributed by atoms with Gasteiger partial charge in [-0.1, -0.05) is 23.7 Å². The van der Waals surface area contributed by atoms with E-state index in [1.165, 1.54) is 28.3 Å². The summed E-state index contributed by atoms with van der Waals surface area (Å²) in [5, 5.41) is 11.7. The van der Waals surface area contributed by atoms with Crippen molar-refractivity contribution in [2.24, 2.45) is 12.0 Å². The second kappa shape index (κ2) is 10.9. The van der Waals surface area contributed by atoms with E-state index < -0.39 is 26.7 Å². The average Bonchev–Trinajstić information content (AvgIpc) is 3.27. The van der Waals surface area contributed by atoms with Gasteiger partial charge in [0.05, 0.1) is 21.3 Å². The third kappa shape index (κ3) is 5.84. The fraction of sp³-hybridized carbons (Fsp3) is 0.174. The zero-order valence-corrected chi connectivity index (χ0v) is 24.2. The van der Waals surface area contributed by atoms with E-state index in [0.29, 0.717) is 33.2 Å².